The van der Waals surface area contributed by atoms with E-state index in [1.165, 1.54) is 16.8 Å². The maximum absolute atomic E-state index is 14.1. The monoisotopic (exact) mass is 410 g/mol. The Morgan fingerprint density at radius 3 is 2.64 bits per heavy atom. The Balaban J connectivity index is 1.65. The van der Waals surface area contributed by atoms with E-state index in [1.54, 1.807) is 6.92 Å². The van der Waals surface area contributed by atoms with Crippen LogP contribution in [0, 0.1) is 18.7 Å². The van der Waals surface area contributed by atoms with Crippen molar-refractivity contribution in [2.45, 2.75) is 45.6 Å². The second-order valence-electron chi connectivity index (χ2n) is 7.18. The average Bonchev–Trinajstić information content (AvgIpc) is 3.04. The molecule has 0 unspecified atom stereocenters. The molecule has 0 radical (unpaired) electrons. The molecule has 3 rings (SSSR count). The summed E-state index contributed by atoms with van der Waals surface area (Å²) in [5.41, 5.74) is 0.301. The van der Waals surface area contributed by atoms with Crippen LogP contribution in [0.15, 0.2) is 18.2 Å². The summed E-state index contributed by atoms with van der Waals surface area (Å²) in [4.78, 5) is 12.2. The second-order valence-corrected chi connectivity index (χ2v) is 8.94. The van der Waals surface area contributed by atoms with Crippen LogP contribution in [0.2, 0.25) is 0 Å². The predicted octanol–water partition coefficient (Wildman–Crippen LogP) is 1.55. The topological polar surface area (TPSA) is 119 Å². The van der Waals surface area contributed by atoms with Gasteiger partial charge in [0.1, 0.15) is 11.6 Å². The van der Waals surface area contributed by atoms with Crippen molar-refractivity contribution in [1.82, 2.24) is 24.9 Å². The number of carbonyl (C=O) groups is 1. The minimum atomic E-state index is -3.81. The standard InChI is InChI=1S/C17H23FN6O3S/c1-11-3-5-13(6-4-11)21-28(26,27)10-17(25)19-16-9-14(7-8-15(16)18)24-12(2)20-22-23-24/h7-9,11,13,21H,3-6,10H2,1-2H3,(H,19,25). The van der Waals surface area contributed by atoms with Crippen molar-refractivity contribution < 1.29 is 17.6 Å². The molecule has 9 nitrogen and oxygen atoms in total. The molecule has 1 amide bonds. The number of benzene rings is 1. The van der Waals surface area contributed by atoms with E-state index in [0.29, 0.717) is 17.4 Å². The third kappa shape index (κ3) is 5.10. The van der Waals surface area contributed by atoms with Gasteiger partial charge in [-0.1, -0.05) is 6.92 Å². The summed E-state index contributed by atoms with van der Waals surface area (Å²) >= 11 is 0. The van der Waals surface area contributed by atoms with Gasteiger partial charge in [0, 0.05) is 6.04 Å². The van der Waals surface area contributed by atoms with Crippen LogP contribution in [-0.2, 0) is 14.8 Å². The SMILES string of the molecule is Cc1nnnn1-c1ccc(F)c(NC(=O)CS(=O)(=O)NC2CCC(C)CC2)c1. The quantitative estimate of drug-likeness (QED) is 0.746. The smallest absolute Gasteiger partial charge is 0.241 e. The molecule has 2 N–H and O–H groups in total. The normalized spacial score (nSPS) is 20.1. The Labute approximate surface area is 162 Å². The molecule has 1 heterocycles. The van der Waals surface area contributed by atoms with Crippen LogP contribution in [0.1, 0.15) is 38.4 Å². The maximum Gasteiger partial charge on any atom is 0.241 e. The van der Waals surface area contributed by atoms with Crippen molar-refractivity contribution in [2.24, 2.45) is 5.92 Å². The average molecular weight is 410 g/mol. The Hall–Kier alpha value is -2.40. The van der Waals surface area contributed by atoms with Gasteiger partial charge in [-0.3, -0.25) is 4.79 Å². The molecule has 2 aromatic rings. The van der Waals surface area contributed by atoms with E-state index in [-0.39, 0.29) is 11.7 Å². The first-order valence-electron chi connectivity index (χ1n) is 9.08. The summed E-state index contributed by atoms with van der Waals surface area (Å²) in [7, 11) is -3.81. The van der Waals surface area contributed by atoms with E-state index in [1.807, 2.05) is 0 Å². The zero-order chi connectivity index (χ0) is 20.3. The first-order chi connectivity index (χ1) is 13.2. The van der Waals surface area contributed by atoms with Crippen LogP contribution in [0.4, 0.5) is 10.1 Å². The van der Waals surface area contributed by atoms with Crippen molar-refractivity contribution >= 4 is 21.6 Å². The third-order valence-corrected chi connectivity index (χ3v) is 6.11. The number of nitrogens with zero attached hydrogens (tertiary/aromatic N) is 4. The van der Waals surface area contributed by atoms with E-state index in [9.17, 15) is 17.6 Å². The van der Waals surface area contributed by atoms with E-state index >= 15 is 0 Å². The summed E-state index contributed by atoms with van der Waals surface area (Å²) in [6, 6.07) is 3.80. The van der Waals surface area contributed by atoms with Crippen molar-refractivity contribution in [1.29, 1.82) is 0 Å². The van der Waals surface area contributed by atoms with Crippen LogP contribution in [0.25, 0.3) is 5.69 Å². The van der Waals surface area contributed by atoms with E-state index in [0.717, 1.165) is 31.7 Å². The number of amides is 1. The first kappa shape index (κ1) is 20.3. The lowest BCUT2D eigenvalue weighted by molar-refractivity contribution is -0.113. The summed E-state index contributed by atoms with van der Waals surface area (Å²) in [6.07, 6.45) is 3.41. The molecular formula is C17H23FN6O3S. The van der Waals surface area contributed by atoms with Crippen molar-refractivity contribution in [3.05, 3.63) is 29.8 Å². The number of sulfonamides is 1. The molecule has 1 aromatic heterocycles. The largest absolute Gasteiger partial charge is 0.323 e. The fourth-order valence-corrected chi connectivity index (χ4v) is 4.49. The molecule has 0 spiro atoms. The molecule has 0 atom stereocenters. The van der Waals surface area contributed by atoms with Crippen molar-refractivity contribution in [3.8, 4) is 5.69 Å². The zero-order valence-corrected chi connectivity index (χ0v) is 16.5. The predicted molar refractivity (Wildman–Crippen MR) is 101 cm³/mol. The molecule has 1 fully saturated rings. The van der Waals surface area contributed by atoms with Crippen LogP contribution in [0.5, 0.6) is 0 Å². The Morgan fingerprint density at radius 2 is 2.00 bits per heavy atom. The van der Waals surface area contributed by atoms with Crippen molar-refractivity contribution in [2.75, 3.05) is 11.1 Å². The van der Waals surface area contributed by atoms with Crippen LogP contribution >= 0.6 is 0 Å². The number of aryl methyl sites for hydroxylation is 1. The Morgan fingerprint density at radius 1 is 1.29 bits per heavy atom. The van der Waals surface area contributed by atoms with Gasteiger partial charge in [-0.25, -0.2) is 17.5 Å². The number of tetrazole rings is 1. The molecule has 1 aliphatic rings. The number of rotatable bonds is 6. The molecule has 28 heavy (non-hydrogen) atoms. The third-order valence-electron chi connectivity index (χ3n) is 4.78. The highest BCUT2D eigenvalue weighted by Crippen LogP contribution is 2.24. The van der Waals surface area contributed by atoms with Gasteiger partial charge in [0.25, 0.3) is 0 Å². The van der Waals surface area contributed by atoms with Gasteiger partial charge in [0.15, 0.2) is 5.82 Å². The fraction of sp³-hybridized carbons (Fsp3) is 0.529. The van der Waals surface area contributed by atoms with Gasteiger partial charge in [-0.05, 0) is 67.2 Å². The van der Waals surface area contributed by atoms with Gasteiger partial charge in [-0.2, -0.15) is 4.68 Å². The highest BCUT2D eigenvalue weighted by atomic mass is 32.2. The molecule has 0 bridgehead atoms. The Bertz CT molecular complexity index is 954. The fourth-order valence-electron chi connectivity index (χ4n) is 3.24. The lowest BCUT2D eigenvalue weighted by Crippen LogP contribution is -2.41. The number of carbonyl (C=O) groups excluding carboxylic acids is 1. The van der Waals surface area contributed by atoms with Gasteiger partial charge in [0.2, 0.25) is 15.9 Å². The molecule has 1 aromatic carbocycles. The summed E-state index contributed by atoms with van der Waals surface area (Å²) < 4.78 is 42.6. The maximum atomic E-state index is 14.1. The molecule has 0 saturated heterocycles. The lowest BCUT2D eigenvalue weighted by Gasteiger charge is -2.26. The summed E-state index contributed by atoms with van der Waals surface area (Å²) in [5, 5.41) is 13.4. The second kappa shape index (κ2) is 8.31. The van der Waals surface area contributed by atoms with Crippen molar-refractivity contribution in [3.63, 3.8) is 0 Å². The molecule has 11 heteroatoms. The molecule has 152 valence electrons. The minimum Gasteiger partial charge on any atom is -0.323 e. The highest BCUT2D eigenvalue weighted by Gasteiger charge is 2.25. The number of hydrogen-bond acceptors (Lipinski definition) is 6. The van der Waals surface area contributed by atoms with Crippen LogP contribution in [0.3, 0.4) is 0 Å². The van der Waals surface area contributed by atoms with Crippen LogP contribution in [-0.4, -0.2) is 46.3 Å². The highest BCUT2D eigenvalue weighted by molar-refractivity contribution is 7.90. The number of nitrogens with one attached hydrogen (secondary N) is 2. The molecular weight excluding hydrogens is 387 g/mol. The molecule has 1 saturated carbocycles. The van der Waals surface area contributed by atoms with E-state index < -0.39 is 27.5 Å². The van der Waals surface area contributed by atoms with Gasteiger partial charge < -0.3 is 5.32 Å². The number of anilines is 1. The number of hydrogen-bond donors (Lipinski definition) is 2. The van der Waals surface area contributed by atoms with Crippen LogP contribution < -0.4 is 10.0 Å². The van der Waals surface area contributed by atoms with E-state index in [4.69, 9.17) is 0 Å². The molecule has 1 aliphatic carbocycles. The number of aromatic nitrogens is 4. The summed E-state index contributed by atoms with van der Waals surface area (Å²) in [5.74, 6) is -1.21. The molecule has 0 aliphatic heterocycles. The zero-order valence-electron chi connectivity index (χ0n) is 15.7. The van der Waals surface area contributed by atoms with Gasteiger partial charge >= 0.3 is 0 Å². The van der Waals surface area contributed by atoms with Gasteiger partial charge in [-0.15, -0.1) is 5.10 Å². The summed E-state index contributed by atoms with van der Waals surface area (Å²) in [6.45, 7) is 3.81. The first-order valence-corrected chi connectivity index (χ1v) is 10.7. The Kier molecular flexibility index (Phi) is 6.04. The van der Waals surface area contributed by atoms with E-state index in [2.05, 4.69) is 32.5 Å². The minimum absolute atomic E-state index is 0.140. The number of halogens is 1. The van der Waals surface area contributed by atoms with Gasteiger partial charge in [0.05, 0.1) is 11.4 Å². The lowest BCUT2D eigenvalue weighted by atomic mass is 9.88.